The van der Waals surface area contributed by atoms with Gasteiger partial charge in [-0.3, -0.25) is 4.79 Å². The normalized spacial score (nSPS) is 26.8. The minimum Gasteiger partial charge on any atom is -0.493 e. The Kier molecular flexibility index (Phi) is 2.13. The summed E-state index contributed by atoms with van der Waals surface area (Å²) in [5, 5.41) is 9.03. The van der Waals surface area contributed by atoms with Gasteiger partial charge in [-0.1, -0.05) is 12.1 Å². The standard InChI is InChI=1S/C13H14O3/c14-13(15)11-3-2-10(11)8-1-4-12-9(7-8)5-6-16-12/h1,4,7,10-11H,2-3,5-6H2,(H,14,15). The van der Waals surface area contributed by atoms with Gasteiger partial charge in [0.1, 0.15) is 5.75 Å². The lowest BCUT2D eigenvalue weighted by molar-refractivity contribution is -0.145. The molecule has 0 aromatic heterocycles. The largest absolute Gasteiger partial charge is 0.493 e. The van der Waals surface area contributed by atoms with Crippen LogP contribution in [0.25, 0.3) is 0 Å². The van der Waals surface area contributed by atoms with Gasteiger partial charge in [0.2, 0.25) is 0 Å². The molecule has 1 saturated carbocycles. The number of hydrogen-bond donors (Lipinski definition) is 1. The molecule has 3 rings (SSSR count). The maximum atomic E-state index is 11.0. The summed E-state index contributed by atoms with van der Waals surface area (Å²) >= 11 is 0. The lowest BCUT2D eigenvalue weighted by atomic mass is 9.70. The summed E-state index contributed by atoms with van der Waals surface area (Å²) < 4.78 is 5.44. The molecule has 1 aromatic carbocycles. The van der Waals surface area contributed by atoms with Crippen LogP contribution in [0.1, 0.15) is 29.9 Å². The molecule has 3 nitrogen and oxygen atoms in total. The summed E-state index contributed by atoms with van der Waals surface area (Å²) in [6.07, 6.45) is 2.76. The Morgan fingerprint density at radius 3 is 2.94 bits per heavy atom. The predicted octanol–water partition coefficient (Wildman–Crippen LogP) is 2.20. The highest BCUT2D eigenvalue weighted by Crippen LogP contribution is 2.43. The Hall–Kier alpha value is -1.51. The molecule has 1 aliphatic carbocycles. The fourth-order valence-corrected chi connectivity index (χ4v) is 2.63. The zero-order chi connectivity index (χ0) is 11.1. The van der Waals surface area contributed by atoms with Crippen LogP contribution in [0.15, 0.2) is 18.2 Å². The van der Waals surface area contributed by atoms with E-state index in [1.165, 1.54) is 11.1 Å². The summed E-state index contributed by atoms with van der Waals surface area (Å²) in [6.45, 7) is 0.756. The molecule has 1 N–H and O–H groups in total. The third-order valence-electron chi connectivity index (χ3n) is 3.73. The van der Waals surface area contributed by atoms with Crippen molar-refractivity contribution in [2.45, 2.75) is 25.2 Å². The van der Waals surface area contributed by atoms with Crippen LogP contribution in [-0.4, -0.2) is 17.7 Å². The van der Waals surface area contributed by atoms with E-state index in [-0.39, 0.29) is 11.8 Å². The number of rotatable bonds is 2. The summed E-state index contributed by atoms with van der Waals surface area (Å²) in [5.41, 5.74) is 2.40. The number of aliphatic carboxylic acids is 1. The van der Waals surface area contributed by atoms with Crippen LogP contribution >= 0.6 is 0 Å². The molecule has 0 radical (unpaired) electrons. The molecule has 0 spiro atoms. The fraction of sp³-hybridized carbons (Fsp3) is 0.462. The van der Waals surface area contributed by atoms with Crippen molar-refractivity contribution >= 4 is 5.97 Å². The van der Waals surface area contributed by atoms with Gasteiger partial charge in [0.05, 0.1) is 12.5 Å². The first-order chi connectivity index (χ1) is 7.75. The van der Waals surface area contributed by atoms with Crippen molar-refractivity contribution in [2.75, 3.05) is 6.61 Å². The number of carboxylic acids is 1. The van der Waals surface area contributed by atoms with Crippen LogP contribution in [0.3, 0.4) is 0 Å². The molecule has 2 aliphatic rings. The van der Waals surface area contributed by atoms with Gasteiger partial charge in [-0.25, -0.2) is 0 Å². The smallest absolute Gasteiger partial charge is 0.307 e. The quantitative estimate of drug-likeness (QED) is 0.827. The molecule has 2 unspecified atom stereocenters. The van der Waals surface area contributed by atoms with E-state index in [2.05, 4.69) is 6.07 Å². The van der Waals surface area contributed by atoms with Crippen molar-refractivity contribution in [3.63, 3.8) is 0 Å². The molecule has 84 valence electrons. The Bertz CT molecular complexity index is 439. The van der Waals surface area contributed by atoms with Crippen molar-refractivity contribution in [2.24, 2.45) is 5.92 Å². The van der Waals surface area contributed by atoms with Crippen LogP contribution < -0.4 is 4.74 Å². The van der Waals surface area contributed by atoms with Gasteiger partial charge in [-0.15, -0.1) is 0 Å². The average Bonchev–Trinajstić information content (AvgIpc) is 2.61. The molecule has 1 aliphatic heterocycles. The summed E-state index contributed by atoms with van der Waals surface area (Å²) in [4.78, 5) is 11.0. The van der Waals surface area contributed by atoms with Gasteiger partial charge in [0, 0.05) is 6.42 Å². The van der Waals surface area contributed by atoms with E-state index in [0.29, 0.717) is 0 Å². The van der Waals surface area contributed by atoms with Crippen LogP contribution in [-0.2, 0) is 11.2 Å². The van der Waals surface area contributed by atoms with Crippen molar-refractivity contribution in [1.29, 1.82) is 0 Å². The third kappa shape index (κ3) is 1.39. The maximum absolute atomic E-state index is 11.0. The SMILES string of the molecule is O=C(O)C1CCC1c1ccc2c(c1)CCO2. The molecule has 1 heterocycles. The van der Waals surface area contributed by atoms with Gasteiger partial charge < -0.3 is 9.84 Å². The van der Waals surface area contributed by atoms with E-state index in [9.17, 15) is 4.79 Å². The molecule has 1 aromatic rings. The highest BCUT2D eigenvalue weighted by molar-refractivity contribution is 5.72. The molecule has 0 saturated heterocycles. The Labute approximate surface area is 94.0 Å². The van der Waals surface area contributed by atoms with Crippen LogP contribution in [0.4, 0.5) is 0 Å². The molecule has 0 bridgehead atoms. The Balaban J connectivity index is 1.87. The molecule has 1 fully saturated rings. The third-order valence-corrected chi connectivity index (χ3v) is 3.73. The van der Waals surface area contributed by atoms with Crippen LogP contribution in [0.2, 0.25) is 0 Å². The number of fused-ring (bicyclic) bond motifs is 1. The number of benzene rings is 1. The number of carbonyl (C=O) groups is 1. The number of hydrogen-bond acceptors (Lipinski definition) is 2. The first kappa shape index (κ1) is 9.70. The second-order valence-electron chi connectivity index (χ2n) is 4.59. The molecule has 3 heteroatoms. The first-order valence-electron chi connectivity index (χ1n) is 5.74. The number of ether oxygens (including phenoxy) is 1. The van der Waals surface area contributed by atoms with Crippen molar-refractivity contribution in [3.8, 4) is 5.75 Å². The second-order valence-corrected chi connectivity index (χ2v) is 4.59. The van der Waals surface area contributed by atoms with Gasteiger partial charge in [-0.05, 0) is 36.0 Å². The van der Waals surface area contributed by atoms with E-state index in [1.54, 1.807) is 0 Å². The minimum atomic E-state index is -0.659. The van der Waals surface area contributed by atoms with E-state index in [0.717, 1.165) is 31.6 Å². The molecular weight excluding hydrogens is 204 g/mol. The Morgan fingerprint density at radius 1 is 1.38 bits per heavy atom. The second kappa shape index (κ2) is 3.51. The summed E-state index contributed by atoms with van der Waals surface area (Å²) in [6, 6.07) is 6.13. The van der Waals surface area contributed by atoms with E-state index in [4.69, 9.17) is 9.84 Å². The highest BCUT2D eigenvalue weighted by Gasteiger charge is 2.37. The van der Waals surface area contributed by atoms with E-state index >= 15 is 0 Å². The minimum absolute atomic E-state index is 0.180. The highest BCUT2D eigenvalue weighted by atomic mass is 16.5. The first-order valence-corrected chi connectivity index (χ1v) is 5.74. The summed E-state index contributed by atoms with van der Waals surface area (Å²) in [7, 11) is 0. The Morgan fingerprint density at radius 2 is 2.25 bits per heavy atom. The topological polar surface area (TPSA) is 46.5 Å². The van der Waals surface area contributed by atoms with Crippen LogP contribution in [0, 0.1) is 5.92 Å². The lowest BCUT2D eigenvalue weighted by Gasteiger charge is -2.33. The van der Waals surface area contributed by atoms with Crippen molar-refractivity contribution in [3.05, 3.63) is 29.3 Å². The molecule has 0 amide bonds. The number of carboxylic acid groups (broad SMARTS) is 1. The zero-order valence-electron chi connectivity index (χ0n) is 8.98. The predicted molar refractivity (Wildman–Crippen MR) is 58.7 cm³/mol. The van der Waals surface area contributed by atoms with Crippen molar-refractivity contribution < 1.29 is 14.6 Å². The van der Waals surface area contributed by atoms with Gasteiger partial charge >= 0.3 is 5.97 Å². The summed E-state index contributed by atoms with van der Waals surface area (Å²) in [5.74, 6) is 0.340. The lowest BCUT2D eigenvalue weighted by Crippen LogP contribution is -2.30. The molecular formula is C13H14O3. The fourth-order valence-electron chi connectivity index (χ4n) is 2.63. The monoisotopic (exact) mass is 218 g/mol. The van der Waals surface area contributed by atoms with E-state index in [1.807, 2.05) is 12.1 Å². The molecule has 2 atom stereocenters. The van der Waals surface area contributed by atoms with Crippen molar-refractivity contribution in [1.82, 2.24) is 0 Å². The average molecular weight is 218 g/mol. The van der Waals surface area contributed by atoms with Gasteiger partial charge in [0.15, 0.2) is 0 Å². The maximum Gasteiger partial charge on any atom is 0.307 e. The molecule has 16 heavy (non-hydrogen) atoms. The van der Waals surface area contributed by atoms with Gasteiger partial charge in [-0.2, -0.15) is 0 Å². The zero-order valence-corrected chi connectivity index (χ0v) is 8.98. The van der Waals surface area contributed by atoms with Crippen LogP contribution in [0.5, 0.6) is 5.75 Å². The van der Waals surface area contributed by atoms with Gasteiger partial charge in [0.25, 0.3) is 0 Å². The van der Waals surface area contributed by atoms with E-state index < -0.39 is 5.97 Å².